The van der Waals surface area contributed by atoms with Crippen LogP contribution in [0.3, 0.4) is 0 Å². The lowest BCUT2D eigenvalue weighted by Gasteiger charge is -2.24. The normalized spacial score (nSPS) is 11.4. The Morgan fingerprint density at radius 1 is 1.43 bits per heavy atom. The van der Waals surface area contributed by atoms with Gasteiger partial charge in [0, 0.05) is 6.20 Å². The maximum atomic E-state index is 5.57. The third-order valence-electron chi connectivity index (χ3n) is 2.50. The average Bonchev–Trinajstić information content (AvgIpc) is 2.18. The van der Waals surface area contributed by atoms with Crippen molar-refractivity contribution in [2.24, 2.45) is 5.73 Å². The number of nitrogens with zero attached hydrogens (tertiary/aromatic N) is 1. The number of ether oxygens (including phenoxy) is 1. The summed E-state index contributed by atoms with van der Waals surface area (Å²) in [6, 6.07) is 2.02. The Morgan fingerprint density at radius 2 is 2.14 bits per heavy atom. The Balaban J connectivity index is 2.93. The molecule has 0 atom stereocenters. The molecule has 0 amide bonds. The first kappa shape index (κ1) is 11.0. The second-order valence-electron chi connectivity index (χ2n) is 4.04. The second-order valence-corrected chi connectivity index (χ2v) is 4.04. The summed E-state index contributed by atoms with van der Waals surface area (Å²) in [6.45, 7) is 5.01. The summed E-state index contributed by atoms with van der Waals surface area (Å²) in [7, 11) is 1.65. The van der Waals surface area contributed by atoms with Crippen LogP contribution in [0.1, 0.15) is 25.8 Å². The monoisotopic (exact) mass is 194 g/mol. The first-order valence-corrected chi connectivity index (χ1v) is 4.80. The summed E-state index contributed by atoms with van der Waals surface area (Å²) in [5.41, 5.74) is 6.81. The molecule has 14 heavy (non-hydrogen) atoms. The van der Waals surface area contributed by atoms with Gasteiger partial charge in [-0.3, -0.25) is 4.98 Å². The average molecular weight is 194 g/mol. The molecule has 1 aromatic rings. The topological polar surface area (TPSA) is 48.1 Å². The number of nitrogens with two attached hydrogens (primary N) is 1. The van der Waals surface area contributed by atoms with Gasteiger partial charge in [-0.1, -0.05) is 13.8 Å². The van der Waals surface area contributed by atoms with E-state index in [2.05, 4.69) is 18.8 Å². The summed E-state index contributed by atoms with van der Waals surface area (Å²) in [5.74, 6) is 0.799. The zero-order valence-electron chi connectivity index (χ0n) is 9.08. The van der Waals surface area contributed by atoms with Crippen LogP contribution in [-0.2, 0) is 5.41 Å². The minimum Gasteiger partial charge on any atom is -0.495 e. The van der Waals surface area contributed by atoms with Crippen LogP contribution in [0.15, 0.2) is 18.5 Å². The van der Waals surface area contributed by atoms with Gasteiger partial charge in [-0.25, -0.2) is 0 Å². The molecule has 0 aliphatic rings. The molecule has 2 N–H and O–H groups in total. The fourth-order valence-corrected chi connectivity index (χ4v) is 1.41. The third-order valence-corrected chi connectivity index (χ3v) is 2.50. The highest BCUT2D eigenvalue weighted by atomic mass is 16.5. The molecule has 78 valence electrons. The molecule has 0 radical (unpaired) electrons. The highest BCUT2D eigenvalue weighted by molar-refractivity contribution is 5.28. The van der Waals surface area contributed by atoms with Crippen molar-refractivity contribution in [2.45, 2.75) is 25.7 Å². The fourth-order valence-electron chi connectivity index (χ4n) is 1.41. The molecular formula is C11H18N2O. The van der Waals surface area contributed by atoms with Gasteiger partial charge in [0.05, 0.1) is 13.3 Å². The van der Waals surface area contributed by atoms with Gasteiger partial charge in [0.2, 0.25) is 0 Å². The summed E-state index contributed by atoms with van der Waals surface area (Å²) in [5, 5.41) is 0. The van der Waals surface area contributed by atoms with E-state index in [0.29, 0.717) is 6.54 Å². The molecular weight excluding hydrogens is 176 g/mol. The maximum absolute atomic E-state index is 5.57. The van der Waals surface area contributed by atoms with E-state index in [9.17, 15) is 0 Å². The van der Waals surface area contributed by atoms with E-state index in [-0.39, 0.29) is 5.41 Å². The Morgan fingerprint density at radius 3 is 2.71 bits per heavy atom. The summed E-state index contributed by atoms with van der Waals surface area (Å²) in [4.78, 5) is 4.14. The summed E-state index contributed by atoms with van der Waals surface area (Å²) in [6.07, 6.45) is 4.53. The third kappa shape index (κ3) is 2.45. The lowest BCUT2D eigenvalue weighted by atomic mass is 9.82. The molecule has 1 aromatic heterocycles. The van der Waals surface area contributed by atoms with Crippen molar-refractivity contribution >= 4 is 0 Å². The number of rotatable bonds is 4. The van der Waals surface area contributed by atoms with E-state index < -0.39 is 0 Å². The Labute approximate surface area is 85.3 Å². The van der Waals surface area contributed by atoms with E-state index in [4.69, 9.17) is 10.5 Å². The van der Waals surface area contributed by atoms with Crippen LogP contribution in [0.5, 0.6) is 5.75 Å². The SMILES string of the molecule is COc1cncc(C(C)(C)CCN)c1. The van der Waals surface area contributed by atoms with Gasteiger partial charge in [-0.15, -0.1) is 0 Å². The van der Waals surface area contributed by atoms with Crippen LogP contribution < -0.4 is 10.5 Å². The first-order valence-electron chi connectivity index (χ1n) is 4.80. The van der Waals surface area contributed by atoms with Crippen molar-refractivity contribution in [1.82, 2.24) is 4.98 Å². The number of pyridine rings is 1. The largest absolute Gasteiger partial charge is 0.495 e. The lowest BCUT2D eigenvalue weighted by molar-refractivity contribution is 0.408. The molecule has 0 fully saturated rings. The molecule has 0 unspecified atom stereocenters. The van der Waals surface area contributed by atoms with Gasteiger partial charge in [0.15, 0.2) is 0 Å². The van der Waals surface area contributed by atoms with Crippen molar-refractivity contribution < 1.29 is 4.74 Å². The van der Waals surface area contributed by atoms with Crippen LogP contribution in [0.4, 0.5) is 0 Å². The van der Waals surface area contributed by atoms with Crippen molar-refractivity contribution in [3.8, 4) is 5.75 Å². The quantitative estimate of drug-likeness (QED) is 0.793. The molecule has 0 aliphatic carbocycles. The van der Waals surface area contributed by atoms with Crippen molar-refractivity contribution in [2.75, 3.05) is 13.7 Å². The fraction of sp³-hybridized carbons (Fsp3) is 0.545. The lowest BCUT2D eigenvalue weighted by Crippen LogP contribution is -2.21. The number of hydrogen-bond acceptors (Lipinski definition) is 3. The minimum atomic E-state index is 0.0658. The van der Waals surface area contributed by atoms with Gasteiger partial charge in [-0.2, -0.15) is 0 Å². The summed E-state index contributed by atoms with van der Waals surface area (Å²) < 4.78 is 5.13. The number of methoxy groups -OCH3 is 1. The van der Waals surface area contributed by atoms with Crippen molar-refractivity contribution in [3.63, 3.8) is 0 Å². The molecule has 0 aromatic carbocycles. The predicted molar refractivity (Wildman–Crippen MR) is 57.5 cm³/mol. The molecule has 0 aliphatic heterocycles. The van der Waals surface area contributed by atoms with E-state index in [1.807, 2.05) is 12.3 Å². The van der Waals surface area contributed by atoms with E-state index in [1.54, 1.807) is 13.3 Å². The molecule has 0 saturated heterocycles. The van der Waals surface area contributed by atoms with E-state index in [1.165, 1.54) is 5.56 Å². The smallest absolute Gasteiger partial charge is 0.137 e. The minimum absolute atomic E-state index is 0.0658. The van der Waals surface area contributed by atoms with Crippen LogP contribution in [-0.4, -0.2) is 18.6 Å². The highest BCUT2D eigenvalue weighted by Gasteiger charge is 2.20. The number of aromatic nitrogens is 1. The number of hydrogen-bond donors (Lipinski definition) is 1. The van der Waals surface area contributed by atoms with Gasteiger partial charge in [0.25, 0.3) is 0 Å². The van der Waals surface area contributed by atoms with Gasteiger partial charge >= 0.3 is 0 Å². The second kappa shape index (κ2) is 4.42. The van der Waals surface area contributed by atoms with Gasteiger partial charge in [0.1, 0.15) is 5.75 Å². The Kier molecular flexibility index (Phi) is 3.47. The molecule has 1 rings (SSSR count). The van der Waals surface area contributed by atoms with Gasteiger partial charge < -0.3 is 10.5 Å². The standard InChI is InChI=1S/C11H18N2O/c1-11(2,4-5-12)9-6-10(14-3)8-13-7-9/h6-8H,4-5,12H2,1-3H3. The van der Waals surface area contributed by atoms with Crippen LogP contribution >= 0.6 is 0 Å². The Hall–Kier alpha value is -1.09. The van der Waals surface area contributed by atoms with Crippen molar-refractivity contribution in [3.05, 3.63) is 24.0 Å². The maximum Gasteiger partial charge on any atom is 0.137 e. The zero-order valence-corrected chi connectivity index (χ0v) is 9.08. The van der Waals surface area contributed by atoms with Gasteiger partial charge in [-0.05, 0) is 30.0 Å². The molecule has 1 heterocycles. The first-order chi connectivity index (χ1) is 6.60. The summed E-state index contributed by atoms with van der Waals surface area (Å²) >= 11 is 0. The Bertz CT molecular complexity index is 297. The molecule has 3 heteroatoms. The van der Waals surface area contributed by atoms with E-state index in [0.717, 1.165) is 12.2 Å². The van der Waals surface area contributed by atoms with Crippen molar-refractivity contribution in [1.29, 1.82) is 0 Å². The molecule has 0 spiro atoms. The molecule has 0 bridgehead atoms. The van der Waals surface area contributed by atoms with Crippen LogP contribution in [0.25, 0.3) is 0 Å². The zero-order chi connectivity index (χ0) is 10.6. The van der Waals surface area contributed by atoms with Crippen LogP contribution in [0.2, 0.25) is 0 Å². The molecule has 3 nitrogen and oxygen atoms in total. The molecule has 0 saturated carbocycles. The highest BCUT2D eigenvalue weighted by Crippen LogP contribution is 2.27. The van der Waals surface area contributed by atoms with E-state index >= 15 is 0 Å². The predicted octanol–water partition coefficient (Wildman–Crippen LogP) is 1.72. The van der Waals surface area contributed by atoms with Crippen LogP contribution in [0, 0.1) is 0 Å².